The Labute approximate surface area is 170 Å². The predicted molar refractivity (Wildman–Crippen MR) is 103 cm³/mol. The lowest BCUT2D eigenvalue weighted by molar-refractivity contribution is 0.197. The Kier molecular flexibility index (Phi) is 4.05. The highest BCUT2D eigenvalue weighted by Gasteiger charge is 2.70. The number of hydrogen-bond acceptors (Lipinski definition) is 5. The summed E-state index contributed by atoms with van der Waals surface area (Å²) in [6, 6.07) is 9.15. The molecule has 2 aliphatic rings. The van der Waals surface area contributed by atoms with Crippen LogP contribution in [0.2, 0.25) is 0 Å². The van der Waals surface area contributed by atoms with Crippen LogP contribution in [-0.4, -0.2) is 27.6 Å². The zero-order valence-electron chi connectivity index (χ0n) is 15.7. The van der Waals surface area contributed by atoms with Crippen molar-refractivity contribution in [2.75, 3.05) is 5.32 Å². The second-order valence-corrected chi connectivity index (χ2v) is 7.31. The number of amides is 2. The number of halogens is 2. The molecule has 0 spiro atoms. The van der Waals surface area contributed by atoms with Gasteiger partial charge in [-0.15, -0.1) is 0 Å². The van der Waals surface area contributed by atoms with E-state index in [1.54, 1.807) is 18.3 Å². The Hall–Kier alpha value is -3.75. The first-order chi connectivity index (χ1) is 14.4. The fourth-order valence-electron chi connectivity index (χ4n) is 3.84. The van der Waals surface area contributed by atoms with Crippen molar-refractivity contribution in [2.24, 2.45) is 0 Å². The summed E-state index contributed by atoms with van der Waals surface area (Å²) in [7, 11) is 0. The fraction of sp³-hybridized carbons (Fsp3) is 0.190. The standard InChI is InChI=1S/C21H16F2N4O3/c1-21-18(19(21)27-20(28)26-15-4-2-11(22)8-14(15)23)13-9-12(3-5-16(13)30-21)29-17-6-7-24-10-25-17/h2-10,18-19H,1H3,(H2,26,27,28)/t18-,19-,21?/m0/s1. The largest absolute Gasteiger partial charge is 0.484 e. The Balaban J connectivity index is 1.29. The Bertz CT molecular complexity index is 1140. The number of rotatable bonds is 4. The molecule has 0 radical (unpaired) electrons. The number of nitrogens with zero attached hydrogens (tertiary/aromatic N) is 2. The molecule has 0 bridgehead atoms. The van der Waals surface area contributed by atoms with Crippen LogP contribution in [0.15, 0.2) is 55.0 Å². The van der Waals surface area contributed by atoms with E-state index >= 15 is 0 Å². The number of benzene rings is 2. The molecule has 1 aliphatic heterocycles. The molecule has 9 heteroatoms. The van der Waals surface area contributed by atoms with Crippen LogP contribution >= 0.6 is 0 Å². The van der Waals surface area contributed by atoms with Gasteiger partial charge in [-0.3, -0.25) is 0 Å². The minimum atomic E-state index is -0.847. The molecule has 3 aromatic rings. The lowest BCUT2D eigenvalue weighted by atomic mass is 10.1. The van der Waals surface area contributed by atoms with Gasteiger partial charge in [0.25, 0.3) is 0 Å². The highest BCUT2D eigenvalue weighted by molar-refractivity contribution is 5.90. The summed E-state index contributed by atoms with van der Waals surface area (Å²) in [5.41, 5.74) is 0.197. The SMILES string of the molecule is CC12Oc3ccc(Oc4ccncn4)cc3[C@H]1[C@@H]2NC(=O)Nc1ccc(F)cc1F. The molecule has 30 heavy (non-hydrogen) atoms. The van der Waals surface area contributed by atoms with Gasteiger partial charge in [0.2, 0.25) is 5.88 Å². The minimum Gasteiger partial charge on any atom is -0.484 e. The zero-order chi connectivity index (χ0) is 20.9. The van der Waals surface area contributed by atoms with E-state index in [-0.39, 0.29) is 17.6 Å². The molecule has 0 saturated heterocycles. The molecule has 5 rings (SSSR count). The van der Waals surface area contributed by atoms with Gasteiger partial charge >= 0.3 is 6.03 Å². The molecule has 2 N–H and O–H groups in total. The first kappa shape index (κ1) is 18.3. The van der Waals surface area contributed by atoms with Gasteiger partial charge in [0, 0.05) is 23.9 Å². The van der Waals surface area contributed by atoms with Crippen molar-refractivity contribution < 1.29 is 23.0 Å². The number of carbonyl (C=O) groups is 1. The Morgan fingerprint density at radius 2 is 2.07 bits per heavy atom. The van der Waals surface area contributed by atoms with Gasteiger partial charge < -0.3 is 20.1 Å². The summed E-state index contributed by atoms with van der Waals surface area (Å²) >= 11 is 0. The van der Waals surface area contributed by atoms with Crippen LogP contribution in [0.3, 0.4) is 0 Å². The molecule has 2 heterocycles. The van der Waals surface area contributed by atoms with Crippen LogP contribution in [0.4, 0.5) is 19.3 Å². The molecular formula is C21H16F2N4O3. The number of anilines is 1. The van der Waals surface area contributed by atoms with Crippen molar-refractivity contribution >= 4 is 11.7 Å². The topological polar surface area (TPSA) is 85.4 Å². The average Bonchev–Trinajstić information content (AvgIpc) is 3.14. The zero-order valence-corrected chi connectivity index (χ0v) is 15.7. The van der Waals surface area contributed by atoms with Gasteiger partial charge in [0.05, 0.1) is 17.6 Å². The summed E-state index contributed by atoms with van der Waals surface area (Å²) in [6.45, 7) is 1.89. The Morgan fingerprint density at radius 3 is 2.83 bits per heavy atom. The minimum absolute atomic E-state index is 0.0785. The molecule has 3 atom stereocenters. The highest BCUT2D eigenvalue weighted by Crippen LogP contribution is 2.62. The van der Waals surface area contributed by atoms with Crippen molar-refractivity contribution in [1.82, 2.24) is 15.3 Å². The van der Waals surface area contributed by atoms with E-state index in [4.69, 9.17) is 9.47 Å². The summed E-state index contributed by atoms with van der Waals surface area (Å²) in [5, 5.41) is 5.20. The molecule has 7 nitrogen and oxygen atoms in total. The normalized spacial score (nSPS) is 23.0. The van der Waals surface area contributed by atoms with Crippen molar-refractivity contribution in [1.29, 1.82) is 0 Å². The first-order valence-electron chi connectivity index (χ1n) is 9.23. The summed E-state index contributed by atoms with van der Waals surface area (Å²) in [6.07, 6.45) is 2.98. The maximum atomic E-state index is 13.8. The summed E-state index contributed by atoms with van der Waals surface area (Å²) < 4.78 is 38.6. The molecule has 2 amide bonds. The van der Waals surface area contributed by atoms with Crippen LogP contribution in [0.5, 0.6) is 17.4 Å². The van der Waals surface area contributed by atoms with E-state index in [1.165, 1.54) is 12.4 Å². The van der Waals surface area contributed by atoms with Gasteiger partial charge in [-0.05, 0) is 37.3 Å². The molecule has 1 aromatic heterocycles. The number of ether oxygens (including phenoxy) is 2. The van der Waals surface area contributed by atoms with Crippen LogP contribution in [-0.2, 0) is 0 Å². The number of carbonyl (C=O) groups excluding carboxylic acids is 1. The third-order valence-electron chi connectivity index (χ3n) is 5.35. The van der Waals surface area contributed by atoms with Crippen molar-refractivity contribution in [3.05, 3.63) is 72.2 Å². The number of aromatic nitrogens is 2. The second kappa shape index (κ2) is 6.65. The van der Waals surface area contributed by atoms with E-state index in [9.17, 15) is 13.6 Å². The van der Waals surface area contributed by atoms with Crippen LogP contribution < -0.4 is 20.1 Å². The number of nitrogens with one attached hydrogen (secondary N) is 2. The Morgan fingerprint density at radius 1 is 1.20 bits per heavy atom. The molecule has 1 fully saturated rings. The van der Waals surface area contributed by atoms with Gasteiger partial charge in [-0.1, -0.05) is 0 Å². The third kappa shape index (κ3) is 3.08. The van der Waals surface area contributed by atoms with E-state index in [0.29, 0.717) is 17.7 Å². The molecule has 1 saturated carbocycles. The van der Waals surface area contributed by atoms with Crippen molar-refractivity contribution in [2.45, 2.75) is 24.5 Å². The quantitative estimate of drug-likeness (QED) is 0.680. The number of fused-ring (bicyclic) bond motifs is 3. The van der Waals surface area contributed by atoms with E-state index < -0.39 is 23.3 Å². The van der Waals surface area contributed by atoms with E-state index in [1.807, 2.05) is 19.1 Å². The van der Waals surface area contributed by atoms with Gasteiger partial charge in [-0.25, -0.2) is 23.5 Å². The smallest absolute Gasteiger partial charge is 0.319 e. The predicted octanol–water partition coefficient (Wildman–Crippen LogP) is 3.99. The molecular weight excluding hydrogens is 394 g/mol. The van der Waals surface area contributed by atoms with E-state index in [0.717, 1.165) is 17.4 Å². The number of urea groups is 1. The lowest BCUT2D eigenvalue weighted by Crippen LogP contribution is -2.37. The van der Waals surface area contributed by atoms with E-state index in [2.05, 4.69) is 20.6 Å². The second-order valence-electron chi connectivity index (χ2n) is 7.31. The third-order valence-corrected chi connectivity index (χ3v) is 5.35. The molecule has 1 unspecified atom stereocenters. The maximum absolute atomic E-state index is 13.8. The van der Waals surface area contributed by atoms with Crippen LogP contribution in [0.25, 0.3) is 0 Å². The monoisotopic (exact) mass is 410 g/mol. The molecule has 152 valence electrons. The van der Waals surface area contributed by atoms with Gasteiger partial charge in [0.15, 0.2) is 0 Å². The maximum Gasteiger partial charge on any atom is 0.319 e. The number of hydrogen-bond donors (Lipinski definition) is 2. The van der Waals surface area contributed by atoms with Gasteiger partial charge in [-0.2, -0.15) is 0 Å². The first-order valence-corrected chi connectivity index (χ1v) is 9.23. The summed E-state index contributed by atoms with van der Waals surface area (Å²) in [4.78, 5) is 20.2. The molecule has 1 aliphatic carbocycles. The van der Waals surface area contributed by atoms with Crippen LogP contribution in [0.1, 0.15) is 18.4 Å². The lowest BCUT2D eigenvalue weighted by Gasteiger charge is -2.16. The van der Waals surface area contributed by atoms with Crippen molar-refractivity contribution in [3.63, 3.8) is 0 Å². The highest BCUT2D eigenvalue weighted by atomic mass is 19.1. The van der Waals surface area contributed by atoms with Crippen LogP contribution in [0, 0.1) is 11.6 Å². The fourth-order valence-corrected chi connectivity index (χ4v) is 3.84. The van der Waals surface area contributed by atoms with Crippen molar-refractivity contribution in [3.8, 4) is 17.4 Å². The summed E-state index contributed by atoms with van der Waals surface area (Å²) in [5.74, 6) is 0.0839. The molecule has 2 aromatic carbocycles. The average molecular weight is 410 g/mol. The van der Waals surface area contributed by atoms with Gasteiger partial charge in [0.1, 0.15) is 35.1 Å².